The van der Waals surface area contributed by atoms with E-state index in [-0.39, 0.29) is 0 Å². The molecule has 0 aliphatic rings. The predicted molar refractivity (Wildman–Crippen MR) is 40.7 cm³/mol. The molecule has 0 aromatic heterocycles. The summed E-state index contributed by atoms with van der Waals surface area (Å²) in [6, 6.07) is 0. The lowest BCUT2D eigenvalue weighted by atomic mass is 10.6. The zero-order chi connectivity index (χ0) is 7.28. The van der Waals surface area contributed by atoms with Crippen LogP contribution in [0.3, 0.4) is 0 Å². The quantitative estimate of drug-likeness (QED) is 0.403. The van der Waals surface area contributed by atoms with Gasteiger partial charge in [-0.05, 0) is 6.92 Å². The molecule has 54 valence electrons. The summed E-state index contributed by atoms with van der Waals surface area (Å²) in [7, 11) is 5.64. The zero-order valence-electron chi connectivity index (χ0n) is 6.60. The Bertz CT molecular complexity index is 98.5. The van der Waals surface area contributed by atoms with E-state index in [1.165, 1.54) is 0 Å². The van der Waals surface area contributed by atoms with E-state index >= 15 is 0 Å². The molecule has 0 saturated heterocycles. The standard InChI is InChI=1S/C6H15N3/c1-5-9(4)6(7-2)8-3/h5H2,1-4H3,(H,7,8). The molecule has 0 aromatic rings. The number of nitrogens with one attached hydrogen (secondary N) is 1. The maximum atomic E-state index is 4.01. The van der Waals surface area contributed by atoms with Crippen LogP contribution in [-0.2, 0) is 0 Å². The van der Waals surface area contributed by atoms with Crippen molar-refractivity contribution in [2.24, 2.45) is 4.99 Å². The van der Waals surface area contributed by atoms with Gasteiger partial charge in [0.25, 0.3) is 0 Å². The van der Waals surface area contributed by atoms with Crippen molar-refractivity contribution in [1.29, 1.82) is 0 Å². The number of rotatable bonds is 1. The monoisotopic (exact) mass is 129 g/mol. The molecule has 0 aliphatic heterocycles. The molecule has 3 nitrogen and oxygen atoms in total. The lowest BCUT2D eigenvalue weighted by Gasteiger charge is -2.17. The van der Waals surface area contributed by atoms with E-state index in [0.29, 0.717) is 0 Å². The van der Waals surface area contributed by atoms with Crippen LogP contribution in [0.4, 0.5) is 0 Å². The van der Waals surface area contributed by atoms with Gasteiger partial charge in [-0.15, -0.1) is 0 Å². The minimum absolute atomic E-state index is 0.928. The van der Waals surface area contributed by atoms with E-state index < -0.39 is 0 Å². The third-order valence-electron chi connectivity index (χ3n) is 1.27. The highest BCUT2D eigenvalue weighted by Crippen LogP contribution is 1.80. The van der Waals surface area contributed by atoms with Crippen molar-refractivity contribution in [2.45, 2.75) is 6.92 Å². The Kier molecular flexibility index (Phi) is 3.84. The van der Waals surface area contributed by atoms with Crippen molar-refractivity contribution >= 4 is 5.96 Å². The van der Waals surface area contributed by atoms with Crippen LogP contribution < -0.4 is 5.32 Å². The van der Waals surface area contributed by atoms with Crippen molar-refractivity contribution < 1.29 is 0 Å². The summed E-state index contributed by atoms with van der Waals surface area (Å²) >= 11 is 0. The molecule has 0 aromatic carbocycles. The van der Waals surface area contributed by atoms with Crippen LogP contribution >= 0.6 is 0 Å². The normalized spacial score (nSPS) is 11.3. The maximum absolute atomic E-state index is 4.01. The second kappa shape index (κ2) is 4.18. The first-order valence-electron chi connectivity index (χ1n) is 3.11. The fourth-order valence-electron chi connectivity index (χ4n) is 0.623. The molecule has 0 rings (SSSR count). The van der Waals surface area contributed by atoms with Gasteiger partial charge in [-0.1, -0.05) is 0 Å². The molecule has 0 unspecified atom stereocenters. The number of hydrogen-bond acceptors (Lipinski definition) is 1. The molecule has 0 saturated carbocycles. The van der Waals surface area contributed by atoms with E-state index in [1.54, 1.807) is 7.05 Å². The minimum Gasteiger partial charge on any atom is -0.359 e. The van der Waals surface area contributed by atoms with E-state index in [9.17, 15) is 0 Å². The van der Waals surface area contributed by atoms with Crippen LogP contribution in [0.5, 0.6) is 0 Å². The maximum Gasteiger partial charge on any atom is 0.193 e. The smallest absolute Gasteiger partial charge is 0.193 e. The van der Waals surface area contributed by atoms with Crippen LogP contribution in [0.15, 0.2) is 4.99 Å². The van der Waals surface area contributed by atoms with Gasteiger partial charge in [-0.2, -0.15) is 0 Å². The molecule has 0 amide bonds. The predicted octanol–water partition coefficient (Wildman–Crippen LogP) is 0.143. The molecule has 1 N–H and O–H groups in total. The van der Waals surface area contributed by atoms with Crippen molar-refractivity contribution in [3.05, 3.63) is 0 Å². The van der Waals surface area contributed by atoms with Crippen molar-refractivity contribution in [1.82, 2.24) is 10.2 Å². The third kappa shape index (κ3) is 2.35. The fraction of sp³-hybridized carbons (Fsp3) is 0.833. The van der Waals surface area contributed by atoms with Gasteiger partial charge in [0, 0.05) is 27.7 Å². The Morgan fingerprint density at radius 2 is 2.22 bits per heavy atom. The molecule has 9 heavy (non-hydrogen) atoms. The second-order valence-corrected chi connectivity index (χ2v) is 1.81. The SMILES string of the molecule is CCN(C)C(=NC)NC. The molecule has 3 heteroatoms. The molecule has 0 spiro atoms. The molecule has 0 heterocycles. The molecule has 0 aliphatic carbocycles. The highest BCUT2D eigenvalue weighted by atomic mass is 15.3. The Labute approximate surface area is 56.8 Å². The summed E-state index contributed by atoms with van der Waals surface area (Å²) in [6.45, 7) is 3.07. The van der Waals surface area contributed by atoms with Crippen molar-refractivity contribution in [3.8, 4) is 0 Å². The fourth-order valence-corrected chi connectivity index (χ4v) is 0.623. The van der Waals surface area contributed by atoms with Gasteiger partial charge in [0.05, 0.1) is 0 Å². The van der Waals surface area contributed by atoms with E-state index in [0.717, 1.165) is 12.5 Å². The highest BCUT2D eigenvalue weighted by molar-refractivity contribution is 5.79. The van der Waals surface area contributed by atoms with Gasteiger partial charge in [0.15, 0.2) is 5.96 Å². The first-order valence-corrected chi connectivity index (χ1v) is 3.11. The molecule has 0 bridgehead atoms. The summed E-state index contributed by atoms with van der Waals surface area (Å²) < 4.78 is 0. The zero-order valence-corrected chi connectivity index (χ0v) is 6.60. The first-order chi connectivity index (χ1) is 4.26. The van der Waals surface area contributed by atoms with Crippen molar-refractivity contribution in [2.75, 3.05) is 27.7 Å². The summed E-state index contributed by atoms with van der Waals surface area (Å²) in [5, 5.41) is 2.98. The number of guanidine groups is 1. The van der Waals surface area contributed by atoms with Crippen LogP contribution in [-0.4, -0.2) is 38.5 Å². The van der Waals surface area contributed by atoms with Crippen LogP contribution in [0.25, 0.3) is 0 Å². The molecule has 0 radical (unpaired) electrons. The Balaban J connectivity index is 3.80. The Hall–Kier alpha value is -0.730. The topological polar surface area (TPSA) is 27.6 Å². The lowest BCUT2D eigenvalue weighted by molar-refractivity contribution is 0.516. The van der Waals surface area contributed by atoms with Gasteiger partial charge in [0.1, 0.15) is 0 Å². The van der Waals surface area contributed by atoms with Crippen LogP contribution in [0, 0.1) is 0 Å². The second-order valence-electron chi connectivity index (χ2n) is 1.81. The van der Waals surface area contributed by atoms with Gasteiger partial charge < -0.3 is 10.2 Å². The van der Waals surface area contributed by atoms with Crippen LogP contribution in [0.1, 0.15) is 6.92 Å². The van der Waals surface area contributed by atoms with Gasteiger partial charge >= 0.3 is 0 Å². The summed E-state index contributed by atoms with van der Waals surface area (Å²) in [6.07, 6.45) is 0. The van der Waals surface area contributed by atoms with Crippen LogP contribution in [0.2, 0.25) is 0 Å². The van der Waals surface area contributed by atoms with E-state index in [4.69, 9.17) is 0 Å². The summed E-state index contributed by atoms with van der Waals surface area (Å²) in [5.74, 6) is 0.928. The minimum atomic E-state index is 0.928. The average Bonchev–Trinajstić information content (AvgIpc) is 1.90. The lowest BCUT2D eigenvalue weighted by Crippen LogP contribution is -2.36. The molecular weight excluding hydrogens is 114 g/mol. The first kappa shape index (κ1) is 8.27. The molecule has 0 fully saturated rings. The molecular formula is C6H15N3. The summed E-state index contributed by atoms with van der Waals surface area (Å²) in [4.78, 5) is 6.05. The van der Waals surface area contributed by atoms with E-state index in [1.807, 2.05) is 19.0 Å². The summed E-state index contributed by atoms with van der Waals surface area (Å²) in [5.41, 5.74) is 0. The Morgan fingerprint density at radius 1 is 1.67 bits per heavy atom. The largest absolute Gasteiger partial charge is 0.359 e. The average molecular weight is 129 g/mol. The number of hydrogen-bond donors (Lipinski definition) is 1. The Morgan fingerprint density at radius 3 is 2.33 bits per heavy atom. The number of aliphatic imine (C=N–C) groups is 1. The molecule has 0 atom stereocenters. The third-order valence-corrected chi connectivity index (χ3v) is 1.27. The number of nitrogens with zero attached hydrogens (tertiary/aromatic N) is 2. The van der Waals surface area contributed by atoms with Gasteiger partial charge in [0.2, 0.25) is 0 Å². The van der Waals surface area contributed by atoms with E-state index in [2.05, 4.69) is 17.2 Å². The van der Waals surface area contributed by atoms with Gasteiger partial charge in [-0.25, -0.2) is 0 Å². The van der Waals surface area contributed by atoms with Crippen molar-refractivity contribution in [3.63, 3.8) is 0 Å². The van der Waals surface area contributed by atoms with Gasteiger partial charge in [-0.3, -0.25) is 4.99 Å². The highest BCUT2D eigenvalue weighted by Gasteiger charge is 1.96.